The first-order valence-corrected chi connectivity index (χ1v) is 9.38. The van der Waals surface area contributed by atoms with Gasteiger partial charge in [0.15, 0.2) is 4.34 Å². The number of nitrogens with one attached hydrogen (secondary N) is 1. The van der Waals surface area contributed by atoms with Crippen molar-refractivity contribution in [3.8, 4) is 0 Å². The normalized spacial score (nSPS) is 10.5. The molecule has 0 saturated heterocycles. The Bertz CT molecular complexity index is 672. The van der Waals surface area contributed by atoms with Crippen molar-refractivity contribution in [1.29, 1.82) is 0 Å². The molecule has 124 valence electrons. The van der Waals surface area contributed by atoms with Crippen LogP contribution in [-0.4, -0.2) is 46.0 Å². The van der Waals surface area contributed by atoms with E-state index in [0.29, 0.717) is 34.7 Å². The number of carbonyl (C=O) groups excluding carboxylic acids is 2. The molecule has 0 fully saturated rings. The molecular formula is C12H15N5O3S3. The van der Waals surface area contributed by atoms with Gasteiger partial charge in [0.2, 0.25) is 5.13 Å². The van der Waals surface area contributed by atoms with Crippen molar-refractivity contribution >= 4 is 51.4 Å². The van der Waals surface area contributed by atoms with Crippen molar-refractivity contribution in [2.45, 2.75) is 17.7 Å². The van der Waals surface area contributed by atoms with Crippen molar-refractivity contribution in [3.63, 3.8) is 0 Å². The molecule has 2 aromatic heterocycles. The molecule has 2 rings (SSSR count). The average molecular weight is 373 g/mol. The summed E-state index contributed by atoms with van der Waals surface area (Å²) in [6, 6.07) is 0. The van der Waals surface area contributed by atoms with Gasteiger partial charge in [-0.05, 0) is 13.5 Å². The van der Waals surface area contributed by atoms with E-state index in [4.69, 9.17) is 10.5 Å². The second kappa shape index (κ2) is 8.91. The minimum absolute atomic E-state index is 0.158. The molecular weight excluding hydrogens is 358 g/mol. The highest BCUT2D eigenvalue weighted by Gasteiger charge is 2.14. The summed E-state index contributed by atoms with van der Waals surface area (Å²) in [6.45, 7) is 2.58. The summed E-state index contributed by atoms with van der Waals surface area (Å²) in [5.41, 5.74) is 5.78. The zero-order valence-electron chi connectivity index (χ0n) is 12.3. The second-order valence-corrected chi connectivity index (χ2v) is 7.23. The number of hydrogen-bond donors (Lipinski definition) is 2. The lowest BCUT2D eigenvalue weighted by Gasteiger charge is -1.98. The molecule has 0 bridgehead atoms. The number of thioether (sulfide) groups is 1. The largest absolute Gasteiger partial charge is 0.465 e. The number of ether oxygens (including phenoxy) is 1. The van der Waals surface area contributed by atoms with E-state index in [1.54, 1.807) is 12.3 Å². The van der Waals surface area contributed by atoms with Gasteiger partial charge < -0.3 is 10.5 Å². The standard InChI is InChI=1S/C12H15N5O3S3/c1-2-20-9(18)6-22-12-17-16-11(23-12)15-10(19)7-5-21-8(14-7)3-4-13/h5H,2-4,6,13H2,1H3,(H,15,16,19). The van der Waals surface area contributed by atoms with Crippen LogP contribution in [0.1, 0.15) is 22.4 Å². The fraction of sp³-hybridized carbons (Fsp3) is 0.417. The molecule has 0 aliphatic heterocycles. The van der Waals surface area contributed by atoms with Gasteiger partial charge in [0.05, 0.1) is 17.4 Å². The van der Waals surface area contributed by atoms with E-state index in [1.165, 1.54) is 34.4 Å². The highest BCUT2D eigenvalue weighted by Crippen LogP contribution is 2.26. The molecule has 0 aliphatic rings. The summed E-state index contributed by atoms with van der Waals surface area (Å²) >= 11 is 3.80. The van der Waals surface area contributed by atoms with E-state index in [2.05, 4.69) is 20.5 Å². The van der Waals surface area contributed by atoms with Gasteiger partial charge in [0, 0.05) is 11.8 Å². The minimum atomic E-state index is -0.345. The number of esters is 1. The molecule has 2 aromatic rings. The predicted octanol–water partition coefficient (Wildman–Crippen LogP) is 1.40. The molecule has 0 spiro atoms. The van der Waals surface area contributed by atoms with Crippen LogP contribution in [0.4, 0.5) is 5.13 Å². The lowest BCUT2D eigenvalue weighted by Crippen LogP contribution is -2.12. The summed E-state index contributed by atoms with van der Waals surface area (Å²) in [5.74, 6) is -0.499. The quantitative estimate of drug-likeness (QED) is 0.405. The molecule has 11 heteroatoms. The van der Waals surface area contributed by atoms with E-state index in [9.17, 15) is 9.59 Å². The maximum Gasteiger partial charge on any atom is 0.316 e. The van der Waals surface area contributed by atoms with Gasteiger partial charge in [-0.3, -0.25) is 14.9 Å². The van der Waals surface area contributed by atoms with Crippen molar-refractivity contribution in [2.24, 2.45) is 5.73 Å². The first kappa shape index (κ1) is 17.8. The summed E-state index contributed by atoms with van der Waals surface area (Å²) in [7, 11) is 0. The number of aromatic nitrogens is 3. The van der Waals surface area contributed by atoms with E-state index in [-0.39, 0.29) is 17.6 Å². The van der Waals surface area contributed by atoms with Gasteiger partial charge in [-0.25, -0.2) is 4.98 Å². The van der Waals surface area contributed by atoms with Gasteiger partial charge in [-0.1, -0.05) is 23.1 Å². The smallest absolute Gasteiger partial charge is 0.316 e. The van der Waals surface area contributed by atoms with Gasteiger partial charge in [0.25, 0.3) is 5.91 Å². The maximum atomic E-state index is 12.1. The van der Waals surface area contributed by atoms with Crippen molar-refractivity contribution in [3.05, 3.63) is 16.1 Å². The minimum Gasteiger partial charge on any atom is -0.465 e. The second-order valence-electron chi connectivity index (χ2n) is 4.09. The van der Waals surface area contributed by atoms with Crippen molar-refractivity contribution in [2.75, 3.05) is 24.2 Å². The molecule has 2 heterocycles. The molecule has 0 aliphatic carbocycles. The topological polar surface area (TPSA) is 120 Å². The Kier molecular flexibility index (Phi) is 6.89. The zero-order chi connectivity index (χ0) is 16.7. The third kappa shape index (κ3) is 5.53. The monoisotopic (exact) mass is 373 g/mol. The average Bonchev–Trinajstić information content (AvgIpc) is 3.15. The van der Waals surface area contributed by atoms with Crippen LogP contribution in [0, 0.1) is 0 Å². The Labute approximate surface area is 144 Å². The molecule has 1 amide bonds. The summed E-state index contributed by atoms with van der Waals surface area (Å²) in [4.78, 5) is 27.5. The summed E-state index contributed by atoms with van der Waals surface area (Å²) < 4.78 is 5.41. The Hall–Kier alpha value is -1.56. The lowest BCUT2D eigenvalue weighted by atomic mass is 10.4. The molecule has 3 N–H and O–H groups in total. The van der Waals surface area contributed by atoms with Crippen LogP contribution in [0.3, 0.4) is 0 Å². The van der Waals surface area contributed by atoms with Crippen molar-refractivity contribution < 1.29 is 14.3 Å². The highest BCUT2D eigenvalue weighted by atomic mass is 32.2. The first-order valence-electron chi connectivity index (χ1n) is 6.70. The fourth-order valence-corrected chi connectivity index (χ4v) is 3.80. The third-order valence-electron chi connectivity index (χ3n) is 2.39. The molecule has 0 aromatic carbocycles. The summed E-state index contributed by atoms with van der Waals surface area (Å²) in [6.07, 6.45) is 0.644. The molecule has 8 nitrogen and oxygen atoms in total. The highest BCUT2D eigenvalue weighted by molar-refractivity contribution is 8.01. The Morgan fingerprint density at radius 2 is 2.26 bits per heavy atom. The Morgan fingerprint density at radius 3 is 3.00 bits per heavy atom. The van der Waals surface area contributed by atoms with Crippen molar-refractivity contribution in [1.82, 2.24) is 15.2 Å². The molecule has 0 atom stereocenters. The predicted molar refractivity (Wildman–Crippen MR) is 90.1 cm³/mol. The van der Waals surface area contributed by atoms with Crippen LogP contribution in [0.5, 0.6) is 0 Å². The van der Waals surface area contributed by atoms with Gasteiger partial charge in [-0.15, -0.1) is 21.5 Å². The Balaban J connectivity index is 1.87. The van der Waals surface area contributed by atoms with Crippen LogP contribution < -0.4 is 11.1 Å². The molecule has 0 saturated carbocycles. The van der Waals surface area contributed by atoms with E-state index >= 15 is 0 Å². The van der Waals surface area contributed by atoms with Crippen LogP contribution in [-0.2, 0) is 16.0 Å². The lowest BCUT2D eigenvalue weighted by molar-refractivity contribution is -0.139. The molecule has 23 heavy (non-hydrogen) atoms. The van der Waals surface area contributed by atoms with E-state index < -0.39 is 0 Å². The first-order chi connectivity index (χ1) is 11.1. The van der Waals surface area contributed by atoms with Gasteiger partial charge >= 0.3 is 5.97 Å². The zero-order valence-corrected chi connectivity index (χ0v) is 14.7. The number of nitrogens with two attached hydrogens (primary N) is 1. The van der Waals surface area contributed by atoms with Crippen LogP contribution in [0.25, 0.3) is 0 Å². The third-order valence-corrected chi connectivity index (χ3v) is 5.24. The molecule has 0 radical (unpaired) electrons. The number of nitrogens with zero attached hydrogens (tertiary/aromatic N) is 3. The van der Waals surface area contributed by atoms with Gasteiger partial charge in [-0.2, -0.15) is 0 Å². The number of hydrogen-bond acceptors (Lipinski definition) is 10. The SMILES string of the molecule is CCOC(=O)CSc1nnc(NC(=O)c2csc(CCN)n2)s1. The Morgan fingerprint density at radius 1 is 1.43 bits per heavy atom. The number of anilines is 1. The van der Waals surface area contributed by atoms with E-state index in [0.717, 1.165) is 5.01 Å². The maximum absolute atomic E-state index is 12.1. The van der Waals surface area contributed by atoms with Gasteiger partial charge in [0.1, 0.15) is 5.69 Å². The van der Waals surface area contributed by atoms with Crippen LogP contribution in [0.15, 0.2) is 9.72 Å². The number of carbonyl (C=O) groups is 2. The fourth-order valence-electron chi connectivity index (χ4n) is 1.46. The molecule has 0 unspecified atom stereocenters. The van der Waals surface area contributed by atoms with Crippen LogP contribution >= 0.6 is 34.4 Å². The number of thiazole rings is 1. The number of amides is 1. The number of rotatable bonds is 8. The van der Waals surface area contributed by atoms with E-state index in [1.807, 2.05) is 0 Å². The summed E-state index contributed by atoms with van der Waals surface area (Å²) in [5, 5.41) is 13.3. The van der Waals surface area contributed by atoms with Crippen LogP contribution in [0.2, 0.25) is 0 Å².